The molecular weight excluding hydrogens is 340 g/mol. The van der Waals surface area contributed by atoms with Crippen molar-refractivity contribution in [2.75, 3.05) is 13.1 Å². The first-order valence-corrected chi connectivity index (χ1v) is 7.25. The summed E-state index contributed by atoms with van der Waals surface area (Å²) >= 11 is 3.25. The van der Waals surface area contributed by atoms with Gasteiger partial charge in [-0.25, -0.2) is 0 Å². The highest BCUT2D eigenvalue weighted by Gasteiger charge is 2.17. The topological polar surface area (TPSA) is 84.5 Å². The van der Waals surface area contributed by atoms with Crippen LogP contribution in [0.1, 0.15) is 24.2 Å². The predicted octanol–water partition coefficient (Wildman–Crippen LogP) is 1.25. The van der Waals surface area contributed by atoms with Crippen LogP contribution in [0.15, 0.2) is 28.7 Å². The summed E-state index contributed by atoms with van der Waals surface area (Å²) in [6.45, 7) is 3.40. The molecule has 0 bridgehead atoms. The molecule has 0 spiro atoms. The average molecular weight is 357 g/mol. The molecule has 0 saturated carbocycles. The molecule has 0 aromatic heterocycles. The van der Waals surface area contributed by atoms with E-state index in [9.17, 15) is 14.4 Å². The molecule has 1 rings (SSSR count). The molecule has 1 aromatic rings. The van der Waals surface area contributed by atoms with Gasteiger partial charge in [0.05, 0.1) is 5.56 Å². The van der Waals surface area contributed by atoms with Gasteiger partial charge in [0.2, 0.25) is 0 Å². The van der Waals surface area contributed by atoms with Crippen molar-refractivity contribution in [1.82, 2.24) is 10.6 Å². The first kappa shape index (κ1) is 17.2. The number of rotatable bonds is 6. The van der Waals surface area contributed by atoms with Gasteiger partial charge in [-0.15, -0.1) is 0 Å². The van der Waals surface area contributed by atoms with Crippen LogP contribution in [0.3, 0.4) is 0 Å². The third-order valence-electron chi connectivity index (χ3n) is 2.54. The molecule has 0 aliphatic heterocycles. The Morgan fingerprint density at radius 2 is 1.90 bits per heavy atom. The number of benzene rings is 1. The lowest BCUT2D eigenvalue weighted by Crippen LogP contribution is -2.38. The van der Waals surface area contributed by atoms with E-state index in [0.29, 0.717) is 16.6 Å². The average Bonchev–Trinajstić information content (AvgIpc) is 2.45. The fourth-order valence-corrected chi connectivity index (χ4v) is 1.97. The highest BCUT2D eigenvalue weighted by molar-refractivity contribution is 9.10. The summed E-state index contributed by atoms with van der Waals surface area (Å²) in [6, 6.07) is 6.85. The van der Waals surface area contributed by atoms with Crippen LogP contribution >= 0.6 is 15.9 Å². The van der Waals surface area contributed by atoms with Gasteiger partial charge in [0.15, 0.2) is 6.10 Å². The number of ether oxygens (including phenoxy) is 1. The first-order chi connectivity index (χ1) is 9.95. The van der Waals surface area contributed by atoms with Crippen LogP contribution in [-0.2, 0) is 14.3 Å². The fourth-order valence-electron chi connectivity index (χ4n) is 1.50. The van der Waals surface area contributed by atoms with Gasteiger partial charge in [-0.1, -0.05) is 12.1 Å². The molecule has 114 valence electrons. The Hall–Kier alpha value is -1.89. The summed E-state index contributed by atoms with van der Waals surface area (Å²) < 4.78 is 5.53. The molecule has 0 saturated heterocycles. The molecule has 2 amide bonds. The Balaban J connectivity index is 2.45. The zero-order valence-corrected chi connectivity index (χ0v) is 13.4. The molecule has 1 atom stereocenters. The quantitative estimate of drug-likeness (QED) is 0.751. The number of nitrogens with one attached hydrogen (secondary N) is 2. The SMILES string of the molecule is CCNC(=O)[C@@H](C)OC(=O)CNC(=O)c1ccccc1Br. The van der Waals surface area contributed by atoms with E-state index >= 15 is 0 Å². The van der Waals surface area contributed by atoms with E-state index in [1.165, 1.54) is 6.92 Å². The summed E-state index contributed by atoms with van der Waals surface area (Å²) in [4.78, 5) is 34.8. The molecule has 6 nitrogen and oxygen atoms in total. The second kappa shape index (κ2) is 8.41. The van der Waals surface area contributed by atoms with Gasteiger partial charge in [-0.05, 0) is 41.9 Å². The van der Waals surface area contributed by atoms with E-state index < -0.39 is 18.0 Å². The standard InChI is InChI=1S/C14H17BrN2O4/c1-3-16-13(19)9(2)21-12(18)8-17-14(20)10-6-4-5-7-11(10)15/h4-7,9H,3,8H2,1-2H3,(H,16,19)(H,17,20)/t9-/m1/s1. The van der Waals surface area contributed by atoms with Gasteiger partial charge < -0.3 is 15.4 Å². The molecule has 0 heterocycles. The Morgan fingerprint density at radius 1 is 1.24 bits per heavy atom. The van der Waals surface area contributed by atoms with E-state index in [-0.39, 0.29) is 12.5 Å². The van der Waals surface area contributed by atoms with Crippen molar-refractivity contribution < 1.29 is 19.1 Å². The van der Waals surface area contributed by atoms with Crippen molar-refractivity contribution in [1.29, 1.82) is 0 Å². The fraction of sp³-hybridized carbons (Fsp3) is 0.357. The summed E-state index contributed by atoms with van der Waals surface area (Å²) in [5.41, 5.74) is 0.419. The number of hydrogen-bond donors (Lipinski definition) is 2. The van der Waals surface area contributed by atoms with E-state index in [4.69, 9.17) is 4.74 Å². The Kier molecular flexibility index (Phi) is 6.87. The van der Waals surface area contributed by atoms with Crippen molar-refractivity contribution >= 4 is 33.7 Å². The summed E-state index contributed by atoms with van der Waals surface area (Å²) in [5, 5.41) is 4.98. The molecule has 0 aliphatic carbocycles. The molecule has 0 unspecified atom stereocenters. The van der Waals surface area contributed by atoms with Crippen LogP contribution in [0.2, 0.25) is 0 Å². The maximum Gasteiger partial charge on any atom is 0.326 e. The van der Waals surface area contributed by atoms with Crippen LogP contribution in [0.5, 0.6) is 0 Å². The van der Waals surface area contributed by atoms with Crippen molar-refractivity contribution in [3.63, 3.8) is 0 Å². The van der Waals surface area contributed by atoms with Crippen LogP contribution in [0.4, 0.5) is 0 Å². The Bertz CT molecular complexity index is 533. The molecule has 0 aliphatic rings. The van der Waals surface area contributed by atoms with Gasteiger partial charge in [0.1, 0.15) is 6.54 Å². The van der Waals surface area contributed by atoms with Crippen LogP contribution in [-0.4, -0.2) is 37.0 Å². The van der Waals surface area contributed by atoms with E-state index in [1.807, 2.05) is 0 Å². The van der Waals surface area contributed by atoms with Crippen molar-refractivity contribution in [3.05, 3.63) is 34.3 Å². The minimum Gasteiger partial charge on any atom is -0.451 e. The van der Waals surface area contributed by atoms with Crippen LogP contribution < -0.4 is 10.6 Å². The molecule has 7 heteroatoms. The third-order valence-corrected chi connectivity index (χ3v) is 3.23. The number of carbonyl (C=O) groups excluding carboxylic acids is 3. The molecule has 2 N–H and O–H groups in total. The summed E-state index contributed by atoms with van der Waals surface area (Å²) in [7, 11) is 0. The highest BCUT2D eigenvalue weighted by atomic mass is 79.9. The predicted molar refractivity (Wildman–Crippen MR) is 80.7 cm³/mol. The van der Waals surface area contributed by atoms with Gasteiger partial charge in [-0.3, -0.25) is 14.4 Å². The monoisotopic (exact) mass is 356 g/mol. The molecule has 0 fully saturated rings. The normalized spacial score (nSPS) is 11.4. The lowest BCUT2D eigenvalue weighted by molar-refractivity contribution is -0.153. The highest BCUT2D eigenvalue weighted by Crippen LogP contribution is 2.15. The first-order valence-electron chi connectivity index (χ1n) is 6.45. The number of hydrogen-bond acceptors (Lipinski definition) is 4. The van der Waals surface area contributed by atoms with Gasteiger partial charge in [0.25, 0.3) is 11.8 Å². The second-order valence-corrected chi connectivity index (χ2v) is 5.04. The van der Waals surface area contributed by atoms with Crippen LogP contribution in [0, 0.1) is 0 Å². The molecular formula is C14H17BrN2O4. The molecule has 0 radical (unpaired) electrons. The summed E-state index contributed by atoms with van der Waals surface area (Å²) in [6.07, 6.45) is -0.891. The van der Waals surface area contributed by atoms with Crippen molar-refractivity contribution in [2.45, 2.75) is 20.0 Å². The Morgan fingerprint density at radius 3 is 2.52 bits per heavy atom. The maximum atomic E-state index is 11.9. The van der Waals surface area contributed by atoms with Gasteiger partial charge >= 0.3 is 5.97 Å². The molecule has 21 heavy (non-hydrogen) atoms. The van der Waals surface area contributed by atoms with Gasteiger partial charge in [-0.2, -0.15) is 0 Å². The second-order valence-electron chi connectivity index (χ2n) is 4.19. The smallest absolute Gasteiger partial charge is 0.326 e. The largest absolute Gasteiger partial charge is 0.451 e. The van der Waals surface area contributed by atoms with Crippen LogP contribution in [0.25, 0.3) is 0 Å². The Labute approximate surface area is 131 Å². The number of amides is 2. The zero-order valence-electron chi connectivity index (χ0n) is 11.8. The minimum absolute atomic E-state index is 0.302. The third kappa shape index (κ3) is 5.55. The number of halogens is 1. The maximum absolute atomic E-state index is 11.9. The van der Waals surface area contributed by atoms with Crippen molar-refractivity contribution in [2.24, 2.45) is 0 Å². The lowest BCUT2D eigenvalue weighted by Gasteiger charge is -2.13. The van der Waals surface area contributed by atoms with E-state index in [2.05, 4.69) is 26.6 Å². The minimum atomic E-state index is -0.891. The zero-order chi connectivity index (χ0) is 15.8. The lowest BCUT2D eigenvalue weighted by atomic mass is 10.2. The number of carbonyl (C=O) groups is 3. The van der Waals surface area contributed by atoms with E-state index in [1.54, 1.807) is 31.2 Å². The van der Waals surface area contributed by atoms with Gasteiger partial charge in [0, 0.05) is 11.0 Å². The van der Waals surface area contributed by atoms with E-state index in [0.717, 1.165) is 0 Å². The number of esters is 1. The molecule has 1 aromatic carbocycles. The summed E-state index contributed by atoms with van der Waals surface area (Å²) in [5.74, 6) is -1.44. The number of likely N-dealkylation sites (N-methyl/N-ethyl adjacent to an activating group) is 1. The van der Waals surface area contributed by atoms with Crippen molar-refractivity contribution in [3.8, 4) is 0 Å².